The Morgan fingerprint density at radius 3 is 2.51 bits per heavy atom. The van der Waals surface area contributed by atoms with Crippen LogP contribution in [0.5, 0.6) is 0 Å². The molecule has 0 spiro atoms. The van der Waals surface area contributed by atoms with Crippen molar-refractivity contribution >= 4 is 40.4 Å². The Bertz CT molecular complexity index is 1700. The van der Waals surface area contributed by atoms with E-state index < -0.39 is 4.92 Å². The monoisotopic (exact) mass is 499 g/mol. The van der Waals surface area contributed by atoms with Crippen molar-refractivity contribution in [3.8, 4) is 0 Å². The first-order valence-corrected chi connectivity index (χ1v) is 12.3. The summed E-state index contributed by atoms with van der Waals surface area (Å²) >= 11 is 7.50. The molecule has 6 rings (SSSR count). The number of aryl methyl sites for hydroxylation is 1. The van der Waals surface area contributed by atoms with E-state index in [2.05, 4.69) is 12.1 Å². The minimum Gasteiger partial charge on any atom is -0.272 e. The van der Waals surface area contributed by atoms with E-state index in [0.29, 0.717) is 14.4 Å². The van der Waals surface area contributed by atoms with Crippen molar-refractivity contribution in [2.45, 2.75) is 18.9 Å². The van der Waals surface area contributed by atoms with Crippen molar-refractivity contribution in [2.75, 3.05) is 0 Å². The third-order valence-electron chi connectivity index (χ3n) is 6.46. The second kappa shape index (κ2) is 8.45. The summed E-state index contributed by atoms with van der Waals surface area (Å²) in [4.78, 5) is 29.9. The number of rotatable bonds is 3. The summed E-state index contributed by atoms with van der Waals surface area (Å²) in [5.74, 6) is 0. The zero-order valence-electron chi connectivity index (χ0n) is 18.3. The van der Waals surface area contributed by atoms with Crippen molar-refractivity contribution in [2.24, 2.45) is 4.99 Å². The number of benzene rings is 3. The largest absolute Gasteiger partial charge is 0.272 e. The van der Waals surface area contributed by atoms with Crippen molar-refractivity contribution in [3.05, 3.63) is 135 Å². The average Bonchev–Trinajstić information content (AvgIpc) is 3.18. The Balaban J connectivity index is 1.57. The second-order valence-corrected chi connectivity index (χ2v) is 9.96. The number of allylic oxidation sites excluding steroid dienone is 1. The summed E-state index contributed by atoms with van der Waals surface area (Å²) in [6.07, 6.45) is 3.47. The molecule has 0 radical (unpaired) electrons. The lowest BCUT2D eigenvalue weighted by molar-refractivity contribution is -0.384. The quantitative estimate of drug-likeness (QED) is 0.298. The van der Waals surface area contributed by atoms with Gasteiger partial charge in [0.1, 0.15) is 0 Å². The van der Waals surface area contributed by atoms with E-state index in [1.54, 1.807) is 22.8 Å². The molecule has 4 aromatic rings. The number of hydrogen-bond acceptors (Lipinski definition) is 5. The molecule has 2 heterocycles. The maximum absolute atomic E-state index is 13.7. The molecule has 3 aromatic carbocycles. The molecule has 1 aliphatic carbocycles. The normalized spacial score (nSPS) is 16.8. The molecule has 6 nitrogen and oxygen atoms in total. The molecule has 0 saturated carbocycles. The highest BCUT2D eigenvalue weighted by Crippen LogP contribution is 2.41. The van der Waals surface area contributed by atoms with Crippen molar-refractivity contribution in [1.29, 1.82) is 0 Å². The summed E-state index contributed by atoms with van der Waals surface area (Å²) in [7, 11) is 0. The number of thiazole rings is 1. The fraction of sp³-hybridized carbons (Fsp3) is 0.111. The van der Waals surface area contributed by atoms with Crippen LogP contribution in [0.1, 0.15) is 34.7 Å². The molecule has 1 unspecified atom stereocenters. The van der Waals surface area contributed by atoms with Crippen LogP contribution in [0.25, 0.3) is 11.8 Å². The Kier molecular flexibility index (Phi) is 5.24. The van der Waals surface area contributed by atoms with Gasteiger partial charge in [0.15, 0.2) is 4.80 Å². The third-order valence-corrected chi connectivity index (χ3v) is 7.70. The van der Waals surface area contributed by atoms with Gasteiger partial charge in [0.2, 0.25) is 0 Å². The number of halogens is 1. The number of nitro groups is 1. The molecule has 0 bridgehead atoms. The fourth-order valence-electron chi connectivity index (χ4n) is 4.81. The van der Waals surface area contributed by atoms with Gasteiger partial charge in [-0.1, -0.05) is 59.3 Å². The van der Waals surface area contributed by atoms with Crippen LogP contribution in [-0.4, -0.2) is 9.49 Å². The molecule has 0 fully saturated rings. The second-order valence-electron chi connectivity index (χ2n) is 8.51. The fourth-order valence-corrected chi connectivity index (χ4v) is 5.94. The van der Waals surface area contributed by atoms with Gasteiger partial charge in [-0.15, -0.1) is 0 Å². The van der Waals surface area contributed by atoms with Crippen LogP contribution in [0.3, 0.4) is 0 Å². The van der Waals surface area contributed by atoms with E-state index >= 15 is 0 Å². The van der Waals surface area contributed by atoms with E-state index in [9.17, 15) is 14.9 Å². The molecular weight excluding hydrogens is 482 g/mol. The number of nitrogens with zero attached hydrogens (tertiary/aromatic N) is 3. The Morgan fingerprint density at radius 2 is 1.77 bits per heavy atom. The molecule has 35 heavy (non-hydrogen) atoms. The van der Waals surface area contributed by atoms with Gasteiger partial charge in [-0.2, -0.15) is 0 Å². The maximum atomic E-state index is 13.7. The van der Waals surface area contributed by atoms with Crippen molar-refractivity contribution < 1.29 is 4.92 Å². The summed E-state index contributed by atoms with van der Waals surface area (Å²) in [5, 5.41) is 11.6. The van der Waals surface area contributed by atoms with Gasteiger partial charge in [-0.3, -0.25) is 19.5 Å². The number of nitro benzene ring substituents is 1. The first kappa shape index (κ1) is 21.7. The smallest absolute Gasteiger partial charge is 0.271 e. The van der Waals surface area contributed by atoms with E-state index in [0.717, 1.165) is 40.8 Å². The Morgan fingerprint density at radius 1 is 1.03 bits per heavy atom. The highest BCUT2D eigenvalue weighted by atomic mass is 35.5. The standard InChI is InChI=1S/C27H18ClN3O3S/c28-19-10-7-18(8-11-19)25-22-14-9-17-3-1-2-4-21(17)24(22)29-27-30(25)26(32)23(35-27)15-16-5-12-20(13-6-16)31(33)34/h1-8,10-13,15,25H,9,14H2. The van der Waals surface area contributed by atoms with Crippen LogP contribution < -0.4 is 14.9 Å². The van der Waals surface area contributed by atoms with Crippen LogP contribution >= 0.6 is 22.9 Å². The van der Waals surface area contributed by atoms with Crippen LogP contribution in [0.15, 0.2) is 88.2 Å². The number of fused-ring (bicyclic) bond motifs is 3. The SMILES string of the molecule is O=c1c(=Cc2ccc([N+](=O)[O-])cc2)sc2n1C(c1ccc(Cl)cc1)C1=C(N=2)c2ccccc2CC1. The molecule has 0 saturated heterocycles. The highest BCUT2D eigenvalue weighted by molar-refractivity contribution is 7.07. The molecule has 8 heteroatoms. The van der Waals surface area contributed by atoms with Crippen LogP contribution in [-0.2, 0) is 6.42 Å². The Hall–Kier alpha value is -3.81. The lowest BCUT2D eigenvalue weighted by Gasteiger charge is -2.30. The van der Waals surface area contributed by atoms with Gasteiger partial charge in [0.25, 0.3) is 11.2 Å². The predicted octanol–water partition coefficient (Wildman–Crippen LogP) is 4.88. The van der Waals surface area contributed by atoms with Gasteiger partial charge in [0.05, 0.1) is 21.2 Å². The van der Waals surface area contributed by atoms with E-state index in [1.165, 1.54) is 29.0 Å². The summed E-state index contributed by atoms with van der Waals surface area (Å²) < 4.78 is 2.31. The van der Waals surface area contributed by atoms with Gasteiger partial charge < -0.3 is 0 Å². The molecular formula is C27H18ClN3O3S. The average molecular weight is 500 g/mol. The molecule has 1 atom stereocenters. The van der Waals surface area contributed by atoms with Gasteiger partial charge in [-0.25, -0.2) is 4.99 Å². The van der Waals surface area contributed by atoms with Crippen LogP contribution in [0.4, 0.5) is 5.69 Å². The van der Waals surface area contributed by atoms with E-state index in [-0.39, 0.29) is 17.3 Å². The molecule has 172 valence electrons. The molecule has 0 N–H and O–H groups in total. The summed E-state index contributed by atoms with van der Waals surface area (Å²) in [6, 6.07) is 21.8. The van der Waals surface area contributed by atoms with E-state index in [4.69, 9.17) is 16.6 Å². The summed E-state index contributed by atoms with van der Waals surface area (Å²) in [6.45, 7) is 0. The molecule has 0 amide bonds. The first-order chi connectivity index (χ1) is 17.0. The lowest BCUT2D eigenvalue weighted by Crippen LogP contribution is -2.38. The number of non-ortho nitro benzene ring substituents is 1. The minimum atomic E-state index is -0.438. The first-order valence-electron chi connectivity index (χ1n) is 11.1. The van der Waals surface area contributed by atoms with Gasteiger partial charge >= 0.3 is 0 Å². The van der Waals surface area contributed by atoms with Crippen LogP contribution in [0, 0.1) is 10.1 Å². The third kappa shape index (κ3) is 3.73. The zero-order chi connectivity index (χ0) is 24.1. The molecule has 2 aliphatic rings. The lowest BCUT2D eigenvalue weighted by atomic mass is 9.83. The number of aromatic nitrogens is 1. The van der Waals surface area contributed by atoms with Crippen LogP contribution in [0.2, 0.25) is 5.02 Å². The Labute approximate surface area is 208 Å². The maximum Gasteiger partial charge on any atom is 0.271 e. The van der Waals surface area contributed by atoms with E-state index in [1.807, 2.05) is 36.4 Å². The topological polar surface area (TPSA) is 77.5 Å². The van der Waals surface area contributed by atoms with Crippen molar-refractivity contribution in [1.82, 2.24) is 4.57 Å². The number of hydrogen-bond donors (Lipinski definition) is 0. The van der Waals surface area contributed by atoms with Gasteiger partial charge in [0, 0.05) is 22.7 Å². The summed E-state index contributed by atoms with van der Waals surface area (Å²) in [5.41, 5.74) is 6.03. The van der Waals surface area contributed by atoms with Crippen molar-refractivity contribution in [3.63, 3.8) is 0 Å². The molecule has 1 aliphatic heterocycles. The van der Waals surface area contributed by atoms with Gasteiger partial charge in [-0.05, 0) is 65.4 Å². The highest BCUT2D eigenvalue weighted by Gasteiger charge is 2.32. The molecule has 1 aromatic heterocycles. The predicted molar refractivity (Wildman–Crippen MR) is 137 cm³/mol. The minimum absolute atomic E-state index is 0.0117. The zero-order valence-corrected chi connectivity index (χ0v) is 19.9.